The van der Waals surface area contributed by atoms with Crippen molar-refractivity contribution in [3.05, 3.63) is 12.2 Å². The van der Waals surface area contributed by atoms with E-state index in [1.54, 1.807) is 0 Å². The third-order valence-corrected chi connectivity index (χ3v) is 5.61. The highest BCUT2D eigenvalue weighted by Crippen LogP contribution is 2.36. The fraction of sp³-hybridized carbons (Fsp3) is 0.895. The molecule has 1 nitrogen and oxygen atoms in total. The Bertz CT molecular complexity index is 278. The molecular formula is C19H36N+. The van der Waals surface area contributed by atoms with Crippen LogP contribution in [-0.4, -0.2) is 31.2 Å². The fourth-order valence-corrected chi connectivity index (χ4v) is 4.39. The molecule has 0 amide bonds. The summed E-state index contributed by atoms with van der Waals surface area (Å²) in [5.74, 6) is 2.00. The Morgan fingerprint density at radius 3 is 1.85 bits per heavy atom. The van der Waals surface area contributed by atoms with Crippen LogP contribution in [0.4, 0.5) is 0 Å². The van der Waals surface area contributed by atoms with Crippen LogP contribution < -0.4 is 0 Å². The lowest BCUT2D eigenvalue weighted by Crippen LogP contribution is -2.42. The number of allylic oxidation sites excluding steroid dienone is 2. The van der Waals surface area contributed by atoms with Gasteiger partial charge in [0.25, 0.3) is 0 Å². The van der Waals surface area contributed by atoms with Crippen LogP contribution >= 0.6 is 0 Å². The lowest BCUT2D eigenvalue weighted by atomic mass is 9.86. The smallest absolute Gasteiger partial charge is 0.0821 e. The summed E-state index contributed by atoms with van der Waals surface area (Å²) >= 11 is 0. The second kappa shape index (κ2) is 8.22. The number of hydrogen-bond donors (Lipinski definition) is 0. The van der Waals surface area contributed by atoms with Crippen molar-refractivity contribution in [1.29, 1.82) is 0 Å². The van der Waals surface area contributed by atoms with Gasteiger partial charge in [-0.25, -0.2) is 0 Å². The largest absolute Gasteiger partial charge is 0.326 e. The second-order valence-corrected chi connectivity index (χ2v) is 7.65. The molecule has 1 heterocycles. The van der Waals surface area contributed by atoms with Crippen molar-refractivity contribution in [1.82, 2.24) is 0 Å². The average molecular weight is 279 g/mol. The van der Waals surface area contributed by atoms with Crippen LogP contribution in [0.1, 0.15) is 71.1 Å². The van der Waals surface area contributed by atoms with Crippen LogP contribution in [0.5, 0.6) is 0 Å². The van der Waals surface area contributed by atoms with Crippen molar-refractivity contribution in [2.75, 3.05) is 26.7 Å². The van der Waals surface area contributed by atoms with Crippen molar-refractivity contribution in [2.24, 2.45) is 11.8 Å². The number of unbranched alkanes of at least 4 members (excludes halogenated alkanes) is 7. The maximum atomic E-state index is 2.51. The molecule has 1 heteroatoms. The second-order valence-electron chi connectivity index (χ2n) is 7.65. The Morgan fingerprint density at radius 2 is 1.30 bits per heavy atom. The third kappa shape index (κ3) is 4.91. The van der Waals surface area contributed by atoms with E-state index in [1.165, 1.54) is 88.3 Å². The molecule has 0 aromatic heterocycles. The highest BCUT2D eigenvalue weighted by molar-refractivity contribution is 4.96. The van der Waals surface area contributed by atoms with E-state index >= 15 is 0 Å². The maximum Gasteiger partial charge on any atom is 0.0821 e. The summed E-state index contributed by atoms with van der Waals surface area (Å²) in [7, 11) is 2.51. The summed E-state index contributed by atoms with van der Waals surface area (Å²) in [6, 6.07) is 0. The first kappa shape index (κ1) is 16.1. The topological polar surface area (TPSA) is 0 Å². The lowest BCUT2D eigenvalue weighted by molar-refractivity contribution is -0.900. The van der Waals surface area contributed by atoms with Crippen molar-refractivity contribution >= 4 is 0 Å². The summed E-state index contributed by atoms with van der Waals surface area (Å²) in [5.41, 5.74) is 0. The Labute approximate surface area is 127 Å². The summed E-state index contributed by atoms with van der Waals surface area (Å²) in [5, 5.41) is 0. The van der Waals surface area contributed by atoms with Gasteiger partial charge < -0.3 is 4.48 Å². The molecule has 0 N–H and O–H groups in total. The summed E-state index contributed by atoms with van der Waals surface area (Å²) in [4.78, 5) is 0. The van der Waals surface area contributed by atoms with Crippen molar-refractivity contribution in [3.63, 3.8) is 0 Å². The third-order valence-electron chi connectivity index (χ3n) is 5.61. The first-order valence-corrected chi connectivity index (χ1v) is 9.22. The summed E-state index contributed by atoms with van der Waals surface area (Å²) in [6.45, 7) is 6.63. The number of hydrogen-bond acceptors (Lipinski definition) is 0. The van der Waals surface area contributed by atoms with Crippen LogP contribution in [0.2, 0.25) is 0 Å². The Balaban J connectivity index is 1.53. The minimum absolute atomic E-state index is 0.999. The Kier molecular flexibility index (Phi) is 6.61. The number of nitrogens with zero attached hydrogens (tertiary/aromatic N) is 1. The van der Waals surface area contributed by atoms with Crippen molar-refractivity contribution in [3.8, 4) is 0 Å². The lowest BCUT2D eigenvalue weighted by Gasteiger charge is -2.30. The van der Waals surface area contributed by atoms with E-state index in [4.69, 9.17) is 0 Å². The van der Waals surface area contributed by atoms with E-state index in [-0.39, 0.29) is 0 Å². The van der Waals surface area contributed by atoms with Gasteiger partial charge in [0, 0.05) is 11.8 Å². The molecule has 2 atom stereocenters. The van der Waals surface area contributed by atoms with Gasteiger partial charge in [-0.15, -0.1) is 0 Å². The summed E-state index contributed by atoms with van der Waals surface area (Å²) in [6.07, 6.45) is 19.2. The molecule has 0 radical (unpaired) electrons. The molecule has 2 aliphatic rings. The van der Waals surface area contributed by atoms with Crippen LogP contribution in [0, 0.1) is 11.8 Å². The predicted octanol–water partition coefficient (Wildman–Crippen LogP) is 5.17. The van der Waals surface area contributed by atoms with Gasteiger partial charge in [0.15, 0.2) is 0 Å². The van der Waals surface area contributed by atoms with Crippen molar-refractivity contribution in [2.45, 2.75) is 71.1 Å². The maximum absolute atomic E-state index is 2.51. The molecule has 0 bridgehead atoms. The van der Waals surface area contributed by atoms with Crippen molar-refractivity contribution < 1.29 is 4.48 Å². The standard InChI is InChI=1S/C19H36N/c1-3-4-5-6-7-8-9-12-15-20(2)16-18-13-10-11-14-19(18)17-20/h10-11,18-19H,3-9,12-17H2,1-2H3/q+1/t18-,19-/m0/s1. The highest BCUT2D eigenvalue weighted by atomic mass is 15.3. The fourth-order valence-electron chi connectivity index (χ4n) is 4.39. The SMILES string of the molecule is CCCCCCCCCC[N+]1(C)C[C@@H]2CC=CC[C@H]2C1. The van der Waals surface area contributed by atoms with Gasteiger partial charge in [-0.05, 0) is 25.7 Å². The molecule has 0 unspecified atom stereocenters. The minimum Gasteiger partial charge on any atom is -0.326 e. The quantitative estimate of drug-likeness (QED) is 0.310. The van der Waals surface area contributed by atoms with Gasteiger partial charge in [-0.1, -0.05) is 57.6 Å². The molecule has 2 rings (SSSR count). The molecule has 0 aromatic rings. The average Bonchev–Trinajstić information content (AvgIpc) is 2.78. The number of fused-ring (bicyclic) bond motifs is 1. The number of quaternary nitrogens is 1. The Morgan fingerprint density at radius 1 is 0.800 bits per heavy atom. The van der Waals surface area contributed by atoms with E-state index in [2.05, 4.69) is 26.1 Å². The molecule has 1 fully saturated rings. The first-order valence-electron chi connectivity index (χ1n) is 9.22. The molecular weight excluding hydrogens is 242 g/mol. The molecule has 1 aliphatic carbocycles. The normalized spacial score (nSPS) is 27.7. The van der Waals surface area contributed by atoms with E-state index in [1.807, 2.05) is 0 Å². The van der Waals surface area contributed by atoms with Gasteiger partial charge in [-0.3, -0.25) is 0 Å². The van der Waals surface area contributed by atoms with Gasteiger partial charge in [0.2, 0.25) is 0 Å². The van der Waals surface area contributed by atoms with E-state index in [0.29, 0.717) is 0 Å². The predicted molar refractivity (Wildman–Crippen MR) is 88.7 cm³/mol. The molecule has 1 saturated heterocycles. The van der Waals surface area contributed by atoms with Gasteiger partial charge in [0.1, 0.15) is 0 Å². The summed E-state index contributed by atoms with van der Waals surface area (Å²) < 4.78 is 1.37. The van der Waals surface area contributed by atoms with E-state index < -0.39 is 0 Å². The van der Waals surface area contributed by atoms with Crippen LogP contribution in [0.15, 0.2) is 12.2 Å². The van der Waals surface area contributed by atoms with Gasteiger partial charge in [-0.2, -0.15) is 0 Å². The monoisotopic (exact) mass is 278 g/mol. The number of likely N-dealkylation sites (tertiary alicyclic amines) is 1. The minimum atomic E-state index is 0.999. The zero-order valence-electron chi connectivity index (χ0n) is 13.9. The van der Waals surface area contributed by atoms with Gasteiger partial charge >= 0.3 is 0 Å². The molecule has 1 aliphatic heterocycles. The molecule has 20 heavy (non-hydrogen) atoms. The van der Waals surface area contributed by atoms with E-state index in [9.17, 15) is 0 Å². The molecule has 116 valence electrons. The zero-order chi connectivity index (χ0) is 14.3. The van der Waals surface area contributed by atoms with Crippen LogP contribution in [0.3, 0.4) is 0 Å². The molecule has 0 spiro atoms. The molecule has 0 saturated carbocycles. The Hall–Kier alpha value is -0.300. The van der Waals surface area contributed by atoms with Crippen LogP contribution in [-0.2, 0) is 0 Å². The zero-order valence-corrected chi connectivity index (χ0v) is 13.9. The van der Waals surface area contributed by atoms with Gasteiger partial charge in [0.05, 0.1) is 26.7 Å². The highest BCUT2D eigenvalue weighted by Gasteiger charge is 2.41. The van der Waals surface area contributed by atoms with E-state index in [0.717, 1.165) is 11.8 Å². The van der Waals surface area contributed by atoms with Crippen LogP contribution in [0.25, 0.3) is 0 Å². The number of rotatable bonds is 9. The first-order chi connectivity index (χ1) is 9.73. The molecule has 0 aromatic carbocycles.